The number of ketones is 1. The molecule has 0 saturated heterocycles. The van der Waals surface area contributed by atoms with Crippen LogP contribution in [-0.2, 0) is 29.3 Å². The van der Waals surface area contributed by atoms with E-state index in [2.05, 4.69) is 5.32 Å². The molecule has 8 heteroatoms. The number of Topliss-reactive ketones (excluding diaryl/α,β-unsaturated/α-hetero) is 1. The smallest absolute Gasteiger partial charge is 0.339 e. The maximum Gasteiger partial charge on any atom is 0.339 e. The number of fused-ring (bicyclic) bond motifs is 2. The zero-order valence-electron chi connectivity index (χ0n) is 18.5. The Morgan fingerprint density at radius 1 is 1.06 bits per heavy atom. The van der Waals surface area contributed by atoms with Crippen LogP contribution in [0, 0.1) is 0 Å². The second kappa shape index (κ2) is 8.46. The van der Waals surface area contributed by atoms with Crippen LogP contribution in [0.4, 0.5) is 5.69 Å². The summed E-state index contributed by atoms with van der Waals surface area (Å²) >= 11 is 0. The number of nitrogens with two attached hydrogens (primary N) is 1. The van der Waals surface area contributed by atoms with Gasteiger partial charge in [0.2, 0.25) is 11.7 Å². The molecule has 2 aliphatic rings. The van der Waals surface area contributed by atoms with E-state index in [-0.39, 0.29) is 22.8 Å². The molecule has 2 aromatic carbocycles. The molecule has 170 valence electrons. The lowest BCUT2D eigenvalue weighted by molar-refractivity contribution is -0.144. The van der Waals surface area contributed by atoms with Gasteiger partial charge in [0.05, 0.1) is 11.7 Å². The lowest BCUT2D eigenvalue weighted by Gasteiger charge is -2.36. The van der Waals surface area contributed by atoms with Crippen molar-refractivity contribution >= 4 is 23.3 Å². The van der Waals surface area contributed by atoms with Gasteiger partial charge < -0.3 is 25.3 Å². The summed E-state index contributed by atoms with van der Waals surface area (Å²) in [5, 5.41) is 2.78. The fourth-order valence-electron chi connectivity index (χ4n) is 4.25. The van der Waals surface area contributed by atoms with Crippen molar-refractivity contribution in [3.63, 3.8) is 0 Å². The Bertz CT molecular complexity index is 1200. The zero-order valence-corrected chi connectivity index (χ0v) is 18.5. The van der Waals surface area contributed by atoms with E-state index in [1.807, 2.05) is 6.07 Å². The highest BCUT2D eigenvalue weighted by molar-refractivity contribution is 6.22. The minimum atomic E-state index is -1.83. The molecule has 33 heavy (non-hydrogen) atoms. The van der Waals surface area contributed by atoms with E-state index in [0.717, 1.165) is 0 Å². The summed E-state index contributed by atoms with van der Waals surface area (Å²) in [7, 11) is 0. The number of carbonyl (C=O) groups excluding carboxylic acids is 3. The summed E-state index contributed by atoms with van der Waals surface area (Å²) in [6.07, 6.45) is -0.460. The van der Waals surface area contributed by atoms with Crippen LogP contribution in [0.2, 0.25) is 0 Å². The summed E-state index contributed by atoms with van der Waals surface area (Å²) < 4.78 is 16.7. The van der Waals surface area contributed by atoms with Gasteiger partial charge in [-0.25, -0.2) is 4.79 Å². The highest BCUT2D eigenvalue weighted by Gasteiger charge is 2.61. The number of hydrogen-bond donors (Lipinski definition) is 2. The Labute approximate surface area is 191 Å². The minimum absolute atomic E-state index is 0.0871. The number of amides is 1. The molecule has 1 atom stereocenters. The summed E-state index contributed by atoms with van der Waals surface area (Å²) in [4.78, 5) is 40.3. The number of carbonyl (C=O) groups is 3. The largest absolute Gasteiger partial charge is 0.485 e. The number of allylic oxidation sites excluding steroid dienone is 1. The normalized spacial score (nSPS) is 19.3. The average Bonchev–Trinajstić information content (AvgIpc) is 3.04. The molecule has 1 spiro atoms. The second-order valence-electron chi connectivity index (χ2n) is 8.00. The molecular weight excluding hydrogens is 424 g/mol. The van der Waals surface area contributed by atoms with Crippen molar-refractivity contribution in [1.29, 1.82) is 0 Å². The molecule has 0 fully saturated rings. The number of rotatable bonds is 6. The second-order valence-corrected chi connectivity index (χ2v) is 8.00. The summed E-state index contributed by atoms with van der Waals surface area (Å²) in [6, 6.07) is 15.6. The van der Waals surface area contributed by atoms with Gasteiger partial charge in [-0.2, -0.15) is 0 Å². The van der Waals surface area contributed by atoms with Gasteiger partial charge in [-0.15, -0.1) is 0 Å². The number of hydrogen-bond acceptors (Lipinski definition) is 7. The lowest BCUT2D eigenvalue weighted by Crippen LogP contribution is -2.49. The number of benzene rings is 2. The maximum atomic E-state index is 13.6. The number of ether oxygens (including phenoxy) is 3. The van der Waals surface area contributed by atoms with E-state index >= 15 is 0 Å². The lowest BCUT2D eigenvalue weighted by atomic mass is 9.66. The Balaban J connectivity index is 1.86. The standard InChI is InChI=1S/C25H24N2O6/c1-14(2)32-23(29)20-15(3)33-22(26)21(19(28)13-31-16-9-5-4-6-10-16)25(20)17-11-7-8-12-18(17)27-24(25)30/h4-12,14H,13,26H2,1-3H3,(H,27,30). The van der Waals surface area contributed by atoms with Gasteiger partial charge in [0.1, 0.15) is 22.5 Å². The fraction of sp³-hybridized carbons (Fsp3) is 0.240. The van der Waals surface area contributed by atoms with E-state index in [1.165, 1.54) is 6.92 Å². The number of anilines is 1. The van der Waals surface area contributed by atoms with Crippen molar-refractivity contribution < 1.29 is 28.6 Å². The predicted molar refractivity (Wildman–Crippen MR) is 120 cm³/mol. The molecule has 2 aliphatic heterocycles. The van der Waals surface area contributed by atoms with Gasteiger partial charge in [-0.1, -0.05) is 36.4 Å². The van der Waals surface area contributed by atoms with Gasteiger partial charge in [0, 0.05) is 11.3 Å². The van der Waals surface area contributed by atoms with Crippen molar-refractivity contribution in [2.75, 3.05) is 11.9 Å². The van der Waals surface area contributed by atoms with E-state index in [9.17, 15) is 14.4 Å². The van der Waals surface area contributed by atoms with Gasteiger partial charge in [0.25, 0.3) is 0 Å². The maximum absolute atomic E-state index is 13.6. The fourth-order valence-corrected chi connectivity index (χ4v) is 4.25. The van der Waals surface area contributed by atoms with Crippen LogP contribution in [-0.4, -0.2) is 30.4 Å². The van der Waals surface area contributed by atoms with Gasteiger partial charge >= 0.3 is 5.97 Å². The third-order valence-corrected chi connectivity index (χ3v) is 5.47. The van der Waals surface area contributed by atoms with Crippen LogP contribution in [0.5, 0.6) is 5.75 Å². The number of esters is 1. The first kappa shape index (κ1) is 22.1. The molecule has 8 nitrogen and oxygen atoms in total. The molecule has 1 unspecified atom stereocenters. The SMILES string of the molecule is CC1=C(C(=O)OC(C)C)C2(C(=O)Nc3ccccc32)C(C(=O)COc2ccccc2)=C(N)O1. The first-order valence-corrected chi connectivity index (χ1v) is 10.5. The molecule has 4 rings (SSSR count). The van der Waals surface area contributed by atoms with Crippen molar-refractivity contribution in [3.8, 4) is 5.75 Å². The predicted octanol–water partition coefficient (Wildman–Crippen LogP) is 2.95. The molecule has 0 radical (unpaired) electrons. The van der Waals surface area contributed by atoms with Crippen LogP contribution < -0.4 is 15.8 Å². The van der Waals surface area contributed by atoms with Gasteiger partial charge in [0.15, 0.2) is 12.5 Å². The van der Waals surface area contributed by atoms with Crippen LogP contribution in [0.15, 0.2) is 77.4 Å². The van der Waals surface area contributed by atoms with E-state index in [0.29, 0.717) is 17.0 Å². The van der Waals surface area contributed by atoms with Gasteiger partial charge in [-0.3, -0.25) is 9.59 Å². The molecule has 0 aliphatic carbocycles. The third kappa shape index (κ3) is 3.63. The average molecular weight is 448 g/mol. The summed E-state index contributed by atoms with van der Waals surface area (Å²) in [5.41, 5.74) is 5.00. The topological polar surface area (TPSA) is 117 Å². The summed E-state index contributed by atoms with van der Waals surface area (Å²) in [5.74, 6) is -1.65. The Morgan fingerprint density at radius 3 is 2.42 bits per heavy atom. The highest BCUT2D eigenvalue weighted by Crippen LogP contribution is 2.52. The van der Waals surface area contributed by atoms with Crippen molar-refractivity contribution in [2.45, 2.75) is 32.3 Å². The van der Waals surface area contributed by atoms with E-state index in [4.69, 9.17) is 19.9 Å². The zero-order chi connectivity index (χ0) is 23.8. The minimum Gasteiger partial charge on any atom is -0.485 e. The van der Waals surface area contributed by atoms with Crippen LogP contribution in [0.25, 0.3) is 0 Å². The number of nitrogens with one attached hydrogen (secondary N) is 1. The molecule has 1 amide bonds. The quantitative estimate of drug-likeness (QED) is 0.653. The molecule has 0 bridgehead atoms. The molecule has 0 aromatic heterocycles. The van der Waals surface area contributed by atoms with Crippen LogP contribution >= 0.6 is 0 Å². The molecule has 2 aromatic rings. The van der Waals surface area contributed by atoms with E-state index in [1.54, 1.807) is 62.4 Å². The molecular formula is C25H24N2O6. The van der Waals surface area contributed by atoms with Gasteiger partial charge in [-0.05, 0) is 39.0 Å². The van der Waals surface area contributed by atoms with Crippen molar-refractivity contribution in [2.24, 2.45) is 5.73 Å². The van der Waals surface area contributed by atoms with E-state index < -0.39 is 35.8 Å². The summed E-state index contributed by atoms with van der Waals surface area (Å²) in [6.45, 7) is 4.49. The Hall–Kier alpha value is -4.07. The monoisotopic (exact) mass is 448 g/mol. The van der Waals surface area contributed by atoms with Crippen molar-refractivity contribution in [1.82, 2.24) is 0 Å². The first-order valence-electron chi connectivity index (χ1n) is 10.5. The molecule has 0 saturated carbocycles. The molecule has 2 heterocycles. The highest BCUT2D eigenvalue weighted by atomic mass is 16.5. The molecule has 3 N–H and O–H groups in total. The van der Waals surface area contributed by atoms with Crippen LogP contribution in [0.3, 0.4) is 0 Å². The number of para-hydroxylation sites is 2. The third-order valence-electron chi connectivity index (χ3n) is 5.47. The first-order chi connectivity index (χ1) is 15.8. The van der Waals surface area contributed by atoms with Crippen LogP contribution in [0.1, 0.15) is 26.3 Å². The van der Waals surface area contributed by atoms with Crippen molar-refractivity contribution in [3.05, 3.63) is 82.9 Å². The Morgan fingerprint density at radius 2 is 1.73 bits per heavy atom. The Kier molecular flexibility index (Phi) is 5.68.